The minimum Gasteiger partial charge on any atom is -0.359 e. The fraction of sp³-hybridized carbons (Fsp3) is 0.550. The molecule has 1 saturated heterocycles. The topological polar surface area (TPSA) is 78.6 Å². The lowest BCUT2D eigenvalue weighted by molar-refractivity contribution is 0.371. The Morgan fingerprint density at radius 1 is 1.33 bits per heavy atom. The molecule has 7 heteroatoms. The first-order valence-corrected chi connectivity index (χ1v) is 9.65. The van der Waals surface area contributed by atoms with Crippen molar-refractivity contribution >= 4 is 11.8 Å². The predicted octanol–water partition coefficient (Wildman–Crippen LogP) is 2.84. The molecular formula is C20H30N6O. The molecule has 0 atom stereocenters. The molecule has 7 nitrogen and oxygen atoms in total. The Morgan fingerprint density at radius 3 is 2.70 bits per heavy atom. The fourth-order valence-electron chi connectivity index (χ4n) is 3.14. The zero-order chi connectivity index (χ0) is 19.2. The Bertz CT molecular complexity index is 744. The number of rotatable bonds is 5. The van der Waals surface area contributed by atoms with Crippen molar-refractivity contribution in [2.75, 3.05) is 25.0 Å². The van der Waals surface area contributed by atoms with E-state index >= 15 is 0 Å². The minimum absolute atomic E-state index is 0.369. The molecular weight excluding hydrogens is 340 g/mol. The zero-order valence-electron chi connectivity index (χ0n) is 16.7. The number of hydrogen-bond acceptors (Lipinski definition) is 5. The summed E-state index contributed by atoms with van der Waals surface area (Å²) < 4.78 is 5.37. The summed E-state index contributed by atoms with van der Waals surface area (Å²) in [6.45, 7) is 8.83. The SMILES string of the molecule is CN=C(NCc1cc(C(C)C)no1)NC1CCN(c2ccc(C)cn2)CC1. The van der Waals surface area contributed by atoms with Gasteiger partial charge >= 0.3 is 0 Å². The largest absolute Gasteiger partial charge is 0.359 e. The van der Waals surface area contributed by atoms with Gasteiger partial charge in [-0.1, -0.05) is 25.1 Å². The van der Waals surface area contributed by atoms with Gasteiger partial charge in [-0.3, -0.25) is 4.99 Å². The van der Waals surface area contributed by atoms with Crippen LogP contribution < -0.4 is 15.5 Å². The maximum Gasteiger partial charge on any atom is 0.191 e. The molecule has 27 heavy (non-hydrogen) atoms. The third-order valence-corrected chi connectivity index (χ3v) is 4.88. The summed E-state index contributed by atoms with van der Waals surface area (Å²) in [5.74, 6) is 3.05. The zero-order valence-corrected chi connectivity index (χ0v) is 16.7. The van der Waals surface area contributed by atoms with Gasteiger partial charge in [0.15, 0.2) is 11.7 Å². The van der Waals surface area contributed by atoms with E-state index in [1.54, 1.807) is 7.05 Å². The van der Waals surface area contributed by atoms with E-state index < -0.39 is 0 Å². The Hall–Kier alpha value is -2.57. The number of anilines is 1. The van der Waals surface area contributed by atoms with Crippen molar-refractivity contribution in [2.24, 2.45) is 4.99 Å². The maximum absolute atomic E-state index is 5.37. The molecule has 0 bridgehead atoms. The van der Waals surface area contributed by atoms with Crippen LogP contribution in [0.4, 0.5) is 5.82 Å². The van der Waals surface area contributed by atoms with Crippen LogP contribution in [-0.2, 0) is 6.54 Å². The van der Waals surface area contributed by atoms with E-state index in [9.17, 15) is 0 Å². The Balaban J connectivity index is 1.45. The van der Waals surface area contributed by atoms with Crippen LogP contribution in [0, 0.1) is 6.92 Å². The summed E-state index contributed by atoms with van der Waals surface area (Å²) in [5.41, 5.74) is 2.17. The smallest absolute Gasteiger partial charge is 0.191 e. The lowest BCUT2D eigenvalue weighted by Gasteiger charge is -2.33. The first kappa shape index (κ1) is 19.2. The van der Waals surface area contributed by atoms with Gasteiger partial charge in [0.1, 0.15) is 5.82 Å². The molecule has 2 N–H and O–H groups in total. The molecule has 3 heterocycles. The number of pyridine rings is 1. The number of aromatic nitrogens is 2. The Morgan fingerprint density at radius 2 is 2.11 bits per heavy atom. The summed E-state index contributed by atoms with van der Waals surface area (Å²) in [7, 11) is 1.79. The second-order valence-electron chi connectivity index (χ2n) is 7.40. The van der Waals surface area contributed by atoms with Crippen LogP contribution in [0.3, 0.4) is 0 Å². The summed E-state index contributed by atoms with van der Waals surface area (Å²) in [6, 6.07) is 6.62. The number of aryl methyl sites for hydroxylation is 1. The highest BCUT2D eigenvalue weighted by molar-refractivity contribution is 5.79. The molecule has 146 valence electrons. The number of nitrogens with zero attached hydrogens (tertiary/aromatic N) is 4. The molecule has 0 spiro atoms. The van der Waals surface area contributed by atoms with E-state index in [4.69, 9.17) is 4.52 Å². The van der Waals surface area contributed by atoms with Crippen LogP contribution in [0.15, 0.2) is 33.9 Å². The van der Waals surface area contributed by atoms with Crippen molar-refractivity contribution in [1.82, 2.24) is 20.8 Å². The van der Waals surface area contributed by atoms with Crippen LogP contribution in [0.5, 0.6) is 0 Å². The average Bonchev–Trinajstić information content (AvgIpc) is 3.16. The molecule has 1 fully saturated rings. The second-order valence-corrected chi connectivity index (χ2v) is 7.40. The van der Waals surface area contributed by atoms with Crippen molar-refractivity contribution in [3.05, 3.63) is 41.4 Å². The van der Waals surface area contributed by atoms with E-state index in [0.717, 1.165) is 49.2 Å². The fourth-order valence-corrected chi connectivity index (χ4v) is 3.14. The number of nitrogens with one attached hydrogen (secondary N) is 2. The highest BCUT2D eigenvalue weighted by atomic mass is 16.5. The average molecular weight is 371 g/mol. The number of aliphatic imine (C=N–C) groups is 1. The highest BCUT2D eigenvalue weighted by Crippen LogP contribution is 2.18. The lowest BCUT2D eigenvalue weighted by atomic mass is 10.1. The standard InChI is InChI=1S/C20H30N6O/c1-14(2)18-11-17(27-25-18)13-23-20(21-4)24-16-7-9-26(10-8-16)19-6-5-15(3)12-22-19/h5-6,11-12,14,16H,7-10,13H2,1-4H3,(H2,21,23,24). The quantitative estimate of drug-likeness (QED) is 0.622. The number of hydrogen-bond donors (Lipinski definition) is 2. The molecule has 0 aliphatic carbocycles. The maximum atomic E-state index is 5.37. The van der Waals surface area contributed by atoms with Gasteiger partial charge in [-0.2, -0.15) is 0 Å². The van der Waals surface area contributed by atoms with Gasteiger partial charge in [-0.15, -0.1) is 0 Å². The predicted molar refractivity (Wildman–Crippen MR) is 108 cm³/mol. The van der Waals surface area contributed by atoms with Gasteiger partial charge in [0.2, 0.25) is 0 Å². The monoisotopic (exact) mass is 370 g/mol. The summed E-state index contributed by atoms with van der Waals surface area (Å²) in [4.78, 5) is 11.2. The normalized spacial score (nSPS) is 16.0. The molecule has 1 aliphatic rings. The van der Waals surface area contributed by atoms with Crippen LogP contribution in [0.25, 0.3) is 0 Å². The number of piperidine rings is 1. The van der Waals surface area contributed by atoms with Gasteiger partial charge in [-0.05, 0) is 37.3 Å². The Kier molecular flexibility index (Phi) is 6.32. The summed E-state index contributed by atoms with van der Waals surface area (Å²) in [6.07, 6.45) is 4.03. The first-order valence-electron chi connectivity index (χ1n) is 9.65. The summed E-state index contributed by atoms with van der Waals surface area (Å²) in [5, 5.41) is 10.9. The molecule has 2 aromatic heterocycles. The van der Waals surface area contributed by atoms with E-state index in [0.29, 0.717) is 18.5 Å². The van der Waals surface area contributed by atoms with Crippen molar-refractivity contribution in [3.63, 3.8) is 0 Å². The van der Waals surface area contributed by atoms with Crippen LogP contribution in [-0.4, -0.2) is 42.3 Å². The third kappa shape index (κ3) is 5.21. The molecule has 1 aliphatic heterocycles. The highest BCUT2D eigenvalue weighted by Gasteiger charge is 2.21. The van der Waals surface area contributed by atoms with Gasteiger partial charge in [0.05, 0.1) is 12.2 Å². The van der Waals surface area contributed by atoms with E-state index in [2.05, 4.69) is 63.6 Å². The molecule has 0 amide bonds. The van der Waals surface area contributed by atoms with Gasteiger partial charge in [0.25, 0.3) is 0 Å². The van der Waals surface area contributed by atoms with Crippen molar-refractivity contribution in [2.45, 2.75) is 52.1 Å². The van der Waals surface area contributed by atoms with Crippen LogP contribution in [0.2, 0.25) is 0 Å². The number of guanidine groups is 1. The molecule has 2 aromatic rings. The van der Waals surface area contributed by atoms with Crippen LogP contribution in [0.1, 0.15) is 49.6 Å². The molecule has 0 saturated carbocycles. The van der Waals surface area contributed by atoms with Gasteiger partial charge in [-0.25, -0.2) is 4.98 Å². The van der Waals surface area contributed by atoms with E-state index in [-0.39, 0.29) is 0 Å². The lowest BCUT2D eigenvalue weighted by Crippen LogP contribution is -2.48. The third-order valence-electron chi connectivity index (χ3n) is 4.88. The van der Waals surface area contributed by atoms with Gasteiger partial charge in [0, 0.05) is 38.4 Å². The summed E-state index contributed by atoms with van der Waals surface area (Å²) >= 11 is 0. The molecule has 0 unspecified atom stereocenters. The van der Waals surface area contributed by atoms with Gasteiger partial charge < -0.3 is 20.1 Å². The van der Waals surface area contributed by atoms with Crippen molar-refractivity contribution < 1.29 is 4.52 Å². The van der Waals surface area contributed by atoms with Crippen LogP contribution >= 0.6 is 0 Å². The van der Waals surface area contributed by atoms with E-state index in [1.807, 2.05) is 12.3 Å². The first-order chi connectivity index (χ1) is 13.0. The van der Waals surface area contributed by atoms with E-state index in [1.165, 1.54) is 5.56 Å². The molecule has 3 rings (SSSR count). The Labute approximate surface area is 161 Å². The van der Waals surface area contributed by atoms with Crippen molar-refractivity contribution in [1.29, 1.82) is 0 Å². The minimum atomic E-state index is 0.369. The van der Waals surface area contributed by atoms with Crippen molar-refractivity contribution in [3.8, 4) is 0 Å². The molecule has 0 radical (unpaired) electrons. The second kappa shape index (κ2) is 8.88. The molecule has 0 aromatic carbocycles.